The van der Waals surface area contributed by atoms with Gasteiger partial charge in [-0.1, -0.05) is 30.3 Å². The quantitative estimate of drug-likeness (QED) is 0.876. The number of aromatic nitrogens is 1. The van der Waals surface area contributed by atoms with Gasteiger partial charge in [-0.3, -0.25) is 4.98 Å². The van der Waals surface area contributed by atoms with Crippen LogP contribution < -0.4 is 5.32 Å². The molecule has 0 unspecified atom stereocenters. The van der Waals surface area contributed by atoms with Crippen molar-refractivity contribution in [2.24, 2.45) is 0 Å². The van der Waals surface area contributed by atoms with Crippen molar-refractivity contribution < 1.29 is 13.6 Å². The highest BCUT2D eigenvalue weighted by Crippen LogP contribution is 2.29. The molecule has 1 fully saturated rings. The highest BCUT2D eigenvalue weighted by atomic mass is 19.3. The molecule has 0 saturated heterocycles. The predicted octanol–water partition coefficient (Wildman–Crippen LogP) is 3.76. The minimum atomic E-state index is -2.67. The summed E-state index contributed by atoms with van der Waals surface area (Å²) in [5, 5.41) is 2.50. The van der Waals surface area contributed by atoms with Gasteiger partial charge in [-0.25, -0.2) is 13.6 Å². The molecule has 24 heavy (non-hydrogen) atoms. The number of rotatable bonds is 6. The van der Waals surface area contributed by atoms with E-state index >= 15 is 0 Å². The van der Waals surface area contributed by atoms with Gasteiger partial charge in [0, 0.05) is 25.0 Å². The minimum absolute atomic E-state index is 0.118. The Bertz CT molecular complexity index is 662. The molecule has 0 spiro atoms. The molecule has 1 aromatic heterocycles. The smallest absolute Gasteiger partial charge is 0.318 e. The summed E-state index contributed by atoms with van der Waals surface area (Å²) in [6, 6.07) is 10.3. The van der Waals surface area contributed by atoms with Gasteiger partial charge in [0.15, 0.2) is 0 Å². The second-order valence-electron chi connectivity index (χ2n) is 5.89. The zero-order chi connectivity index (χ0) is 16.9. The van der Waals surface area contributed by atoms with Crippen LogP contribution in [0.15, 0.2) is 54.9 Å². The average molecular weight is 331 g/mol. The van der Waals surface area contributed by atoms with E-state index in [0.717, 1.165) is 18.4 Å². The highest BCUT2D eigenvalue weighted by Gasteiger charge is 2.35. The summed E-state index contributed by atoms with van der Waals surface area (Å²) in [5.41, 5.74) is 1.33. The van der Waals surface area contributed by atoms with Crippen LogP contribution in [0.1, 0.15) is 30.0 Å². The van der Waals surface area contributed by atoms with Crippen molar-refractivity contribution in [3.63, 3.8) is 0 Å². The van der Waals surface area contributed by atoms with E-state index in [-0.39, 0.29) is 6.04 Å². The number of carbonyl (C=O) groups excluding carboxylic acids is 1. The van der Waals surface area contributed by atoms with Crippen molar-refractivity contribution in [2.75, 3.05) is 0 Å². The number of nitrogens with zero attached hydrogens (tertiary/aromatic N) is 2. The first kappa shape index (κ1) is 16.4. The highest BCUT2D eigenvalue weighted by molar-refractivity contribution is 5.75. The molecule has 1 saturated carbocycles. The second kappa shape index (κ2) is 7.38. The summed E-state index contributed by atoms with van der Waals surface area (Å²) in [4.78, 5) is 18.2. The van der Waals surface area contributed by atoms with E-state index in [1.807, 2.05) is 12.1 Å². The third-order valence-corrected chi connectivity index (χ3v) is 4.04. The molecule has 0 radical (unpaired) electrons. The number of nitrogens with one attached hydrogen (secondary N) is 1. The lowest BCUT2D eigenvalue weighted by atomic mass is 10.1. The Morgan fingerprint density at radius 1 is 1.17 bits per heavy atom. The molecule has 1 aromatic carbocycles. The molecule has 3 rings (SSSR count). The van der Waals surface area contributed by atoms with Crippen LogP contribution in [0, 0.1) is 0 Å². The summed E-state index contributed by atoms with van der Waals surface area (Å²) >= 11 is 0. The second-order valence-corrected chi connectivity index (χ2v) is 5.89. The van der Waals surface area contributed by atoms with Crippen LogP contribution in [0.2, 0.25) is 0 Å². The Hall–Kier alpha value is -2.50. The maximum absolute atomic E-state index is 13.4. The van der Waals surface area contributed by atoms with Crippen molar-refractivity contribution in [1.29, 1.82) is 0 Å². The Kier molecular flexibility index (Phi) is 5.03. The molecular weight excluding hydrogens is 312 g/mol. The van der Waals surface area contributed by atoms with E-state index in [1.165, 1.54) is 0 Å². The predicted molar refractivity (Wildman–Crippen MR) is 86.5 cm³/mol. The Balaban J connectivity index is 1.72. The molecule has 1 heterocycles. The van der Waals surface area contributed by atoms with Gasteiger partial charge in [0.25, 0.3) is 6.43 Å². The lowest BCUT2D eigenvalue weighted by molar-refractivity contribution is 0.0954. The maximum Gasteiger partial charge on any atom is 0.318 e. The molecule has 2 amide bonds. The first-order chi connectivity index (χ1) is 11.6. The largest absolute Gasteiger partial charge is 0.325 e. The summed E-state index contributed by atoms with van der Waals surface area (Å²) in [5.74, 6) is 0. The Morgan fingerprint density at radius 3 is 2.42 bits per heavy atom. The average Bonchev–Trinajstić information content (AvgIpc) is 3.43. The Morgan fingerprint density at radius 2 is 1.83 bits per heavy atom. The maximum atomic E-state index is 13.4. The zero-order valence-electron chi connectivity index (χ0n) is 13.1. The Labute approximate surface area is 139 Å². The fraction of sp³-hybridized carbons (Fsp3) is 0.333. The summed E-state index contributed by atoms with van der Waals surface area (Å²) < 4.78 is 26.8. The number of carbonyl (C=O) groups is 1. The molecule has 126 valence electrons. The van der Waals surface area contributed by atoms with Crippen LogP contribution >= 0.6 is 0 Å². The van der Waals surface area contributed by atoms with Crippen LogP contribution in [0.3, 0.4) is 0 Å². The first-order valence-corrected chi connectivity index (χ1v) is 7.94. The molecule has 1 atom stereocenters. The summed E-state index contributed by atoms with van der Waals surface area (Å²) in [7, 11) is 0. The lowest BCUT2D eigenvalue weighted by Crippen LogP contribution is -2.44. The van der Waals surface area contributed by atoms with Crippen molar-refractivity contribution in [2.45, 2.75) is 37.9 Å². The van der Waals surface area contributed by atoms with Crippen molar-refractivity contribution in [3.8, 4) is 0 Å². The molecule has 2 aromatic rings. The fourth-order valence-corrected chi connectivity index (χ4v) is 2.61. The van der Waals surface area contributed by atoms with Gasteiger partial charge in [-0.15, -0.1) is 0 Å². The minimum Gasteiger partial charge on any atom is -0.325 e. The van der Waals surface area contributed by atoms with Gasteiger partial charge < -0.3 is 10.2 Å². The van der Waals surface area contributed by atoms with Crippen molar-refractivity contribution >= 4 is 6.03 Å². The van der Waals surface area contributed by atoms with Crippen LogP contribution in [0.5, 0.6) is 0 Å². The van der Waals surface area contributed by atoms with Gasteiger partial charge in [0.05, 0.1) is 0 Å². The summed E-state index contributed by atoms with van der Waals surface area (Å²) in [6.45, 7) is 0.393. The van der Waals surface area contributed by atoms with Gasteiger partial charge in [0.2, 0.25) is 0 Å². The molecule has 1 N–H and O–H groups in total. The molecular formula is C18H19F2N3O. The number of urea groups is 1. The number of halogens is 2. The van der Waals surface area contributed by atoms with Crippen LogP contribution in [0.25, 0.3) is 0 Å². The number of amides is 2. The number of alkyl halides is 2. The molecule has 1 aliphatic rings. The first-order valence-electron chi connectivity index (χ1n) is 7.94. The summed E-state index contributed by atoms with van der Waals surface area (Å²) in [6.07, 6.45) is 2.46. The molecule has 0 aliphatic heterocycles. The van der Waals surface area contributed by atoms with Gasteiger partial charge in [-0.05, 0) is 36.1 Å². The van der Waals surface area contributed by atoms with E-state index in [0.29, 0.717) is 12.1 Å². The fourth-order valence-electron chi connectivity index (χ4n) is 2.61. The number of hydrogen-bond acceptors (Lipinski definition) is 2. The monoisotopic (exact) mass is 331 g/mol. The van der Waals surface area contributed by atoms with E-state index in [1.54, 1.807) is 47.6 Å². The van der Waals surface area contributed by atoms with Crippen molar-refractivity contribution in [1.82, 2.24) is 15.2 Å². The van der Waals surface area contributed by atoms with E-state index < -0.39 is 18.5 Å². The molecule has 0 bridgehead atoms. The SMILES string of the molecule is O=C(N[C@@H](c1ccccc1)C(F)F)N(Cc1ccncc1)C1CC1. The normalized spacial score (nSPS) is 15.1. The standard InChI is InChI=1S/C18H19F2N3O/c19-17(20)16(14-4-2-1-3-5-14)22-18(24)23(15-6-7-15)12-13-8-10-21-11-9-13/h1-5,8-11,15-17H,6-7,12H2,(H,22,24)/t16-/m0/s1. The third kappa shape index (κ3) is 4.07. The van der Waals surface area contributed by atoms with Crippen molar-refractivity contribution in [3.05, 3.63) is 66.0 Å². The molecule has 6 heteroatoms. The van der Waals surface area contributed by atoms with Crippen LogP contribution in [0.4, 0.5) is 13.6 Å². The van der Waals surface area contributed by atoms with Crippen LogP contribution in [-0.2, 0) is 6.54 Å². The van der Waals surface area contributed by atoms with E-state index in [9.17, 15) is 13.6 Å². The number of pyridine rings is 1. The molecule has 4 nitrogen and oxygen atoms in total. The van der Waals surface area contributed by atoms with E-state index in [4.69, 9.17) is 0 Å². The van der Waals surface area contributed by atoms with Gasteiger partial charge >= 0.3 is 6.03 Å². The van der Waals surface area contributed by atoms with E-state index in [2.05, 4.69) is 10.3 Å². The van der Waals surface area contributed by atoms with Gasteiger partial charge in [0.1, 0.15) is 6.04 Å². The number of benzene rings is 1. The third-order valence-electron chi connectivity index (χ3n) is 4.04. The van der Waals surface area contributed by atoms with Crippen LogP contribution in [-0.4, -0.2) is 28.4 Å². The number of hydrogen-bond donors (Lipinski definition) is 1. The zero-order valence-corrected chi connectivity index (χ0v) is 13.1. The lowest BCUT2D eigenvalue weighted by Gasteiger charge is -2.26. The topological polar surface area (TPSA) is 45.2 Å². The molecule has 1 aliphatic carbocycles. The van der Waals surface area contributed by atoms with Gasteiger partial charge in [-0.2, -0.15) is 0 Å².